The standard InChI is InChI=1S/C8H11N5/c1-5-4-7(12-13(5)3)8-9-6(2)10-11-8/h4H,1-3H3,(H,9,10,11). The van der Waals surface area contributed by atoms with Crippen LogP contribution in [0.3, 0.4) is 0 Å². The SMILES string of the molecule is Cc1nc(-c2cc(C)n(C)n2)n[nH]1. The van der Waals surface area contributed by atoms with E-state index in [2.05, 4.69) is 20.3 Å². The van der Waals surface area contributed by atoms with Gasteiger partial charge >= 0.3 is 0 Å². The van der Waals surface area contributed by atoms with Crippen molar-refractivity contribution in [1.82, 2.24) is 25.0 Å². The lowest BCUT2D eigenvalue weighted by molar-refractivity contribution is 0.741. The molecule has 2 aromatic heterocycles. The second-order valence-corrected chi connectivity index (χ2v) is 3.04. The molecular formula is C8H11N5. The molecule has 2 rings (SSSR count). The number of nitrogens with zero attached hydrogens (tertiary/aromatic N) is 4. The zero-order valence-electron chi connectivity index (χ0n) is 7.87. The molecule has 0 aromatic carbocycles. The second kappa shape index (κ2) is 2.69. The summed E-state index contributed by atoms with van der Waals surface area (Å²) in [7, 11) is 1.90. The normalized spacial score (nSPS) is 10.7. The van der Waals surface area contributed by atoms with Crippen LogP contribution in [-0.2, 0) is 7.05 Å². The number of aromatic nitrogens is 5. The molecule has 0 saturated carbocycles. The van der Waals surface area contributed by atoms with Gasteiger partial charge in [-0.1, -0.05) is 0 Å². The molecule has 5 nitrogen and oxygen atoms in total. The average molecular weight is 177 g/mol. The van der Waals surface area contributed by atoms with Crippen molar-refractivity contribution in [1.29, 1.82) is 0 Å². The Balaban J connectivity index is 2.46. The lowest BCUT2D eigenvalue weighted by Gasteiger charge is -1.88. The van der Waals surface area contributed by atoms with Gasteiger partial charge in [-0.05, 0) is 19.9 Å². The Morgan fingerprint density at radius 1 is 1.38 bits per heavy atom. The predicted octanol–water partition coefficient (Wildman–Crippen LogP) is 0.822. The third-order valence-corrected chi connectivity index (χ3v) is 1.94. The highest BCUT2D eigenvalue weighted by molar-refractivity contribution is 5.48. The summed E-state index contributed by atoms with van der Waals surface area (Å²) in [6, 6.07) is 1.96. The van der Waals surface area contributed by atoms with Crippen LogP contribution in [0.25, 0.3) is 11.5 Å². The smallest absolute Gasteiger partial charge is 0.201 e. The van der Waals surface area contributed by atoms with Gasteiger partial charge in [-0.15, -0.1) is 0 Å². The van der Waals surface area contributed by atoms with Crippen molar-refractivity contribution in [3.05, 3.63) is 17.6 Å². The molecule has 0 aliphatic carbocycles. The van der Waals surface area contributed by atoms with E-state index in [1.165, 1.54) is 0 Å². The molecule has 0 aliphatic rings. The van der Waals surface area contributed by atoms with E-state index in [-0.39, 0.29) is 0 Å². The summed E-state index contributed by atoms with van der Waals surface area (Å²) < 4.78 is 1.81. The van der Waals surface area contributed by atoms with Crippen LogP contribution in [0.15, 0.2) is 6.07 Å². The number of rotatable bonds is 1. The zero-order chi connectivity index (χ0) is 9.42. The van der Waals surface area contributed by atoms with Crippen LogP contribution < -0.4 is 0 Å². The molecule has 0 fully saturated rings. The summed E-state index contributed by atoms with van der Waals surface area (Å²) in [6.07, 6.45) is 0. The maximum atomic E-state index is 4.27. The summed E-state index contributed by atoms with van der Waals surface area (Å²) in [4.78, 5) is 4.19. The van der Waals surface area contributed by atoms with Crippen LogP contribution in [0.1, 0.15) is 11.5 Å². The minimum absolute atomic E-state index is 0.654. The Morgan fingerprint density at radius 3 is 2.62 bits per heavy atom. The largest absolute Gasteiger partial charge is 0.272 e. The van der Waals surface area contributed by atoms with Crippen LogP contribution >= 0.6 is 0 Å². The van der Waals surface area contributed by atoms with E-state index >= 15 is 0 Å². The Morgan fingerprint density at radius 2 is 2.15 bits per heavy atom. The maximum Gasteiger partial charge on any atom is 0.201 e. The molecule has 0 amide bonds. The van der Waals surface area contributed by atoms with Crippen LogP contribution in [0.2, 0.25) is 0 Å². The molecule has 0 atom stereocenters. The summed E-state index contributed by atoms with van der Waals surface area (Å²) in [6.45, 7) is 3.86. The first-order valence-corrected chi connectivity index (χ1v) is 4.07. The minimum atomic E-state index is 0.654. The summed E-state index contributed by atoms with van der Waals surface area (Å²) >= 11 is 0. The van der Waals surface area contributed by atoms with Gasteiger partial charge in [0.2, 0.25) is 5.82 Å². The lowest BCUT2D eigenvalue weighted by Crippen LogP contribution is -1.92. The monoisotopic (exact) mass is 177 g/mol. The first-order valence-electron chi connectivity index (χ1n) is 4.07. The van der Waals surface area contributed by atoms with Crippen LogP contribution in [-0.4, -0.2) is 25.0 Å². The highest BCUT2D eigenvalue weighted by Crippen LogP contribution is 2.12. The van der Waals surface area contributed by atoms with Gasteiger partial charge in [-0.25, -0.2) is 4.98 Å². The Kier molecular flexibility index (Phi) is 1.65. The van der Waals surface area contributed by atoms with E-state index in [0.717, 1.165) is 17.2 Å². The van der Waals surface area contributed by atoms with E-state index in [4.69, 9.17) is 0 Å². The molecule has 2 heterocycles. The van der Waals surface area contributed by atoms with Crippen molar-refractivity contribution in [3.8, 4) is 11.5 Å². The molecule has 0 saturated heterocycles. The number of hydrogen-bond acceptors (Lipinski definition) is 3. The van der Waals surface area contributed by atoms with Crippen molar-refractivity contribution in [3.63, 3.8) is 0 Å². The number of aromatic amines is 1. The van der Waals surface area contributed by atoms with Gasteiger partial charge in [0.25, 0.3) is 0 Å². The van der Waals surface area contributed by atoms with Gasteiger partial charge in [0.15, 0.2) is 0 Å². The van der Waals surface area contributed by atoms with Crippen molar-refractivity contribution in [2.24, 2.45) is 7.05 Å². The minimum Gasteiger partial charge on any atom is -0.272 e. The molecule has 0 aliphatic heterocycles. The Hall–Kier alpha value is -1.65. The molecular weight excluding hydrogens is 166 g/mol. The molecule has 0 unspecified atom stereocenters. The molecule has 0 radical (unpaired) electrons. The molecule has 0 bridgehead atoms. The van der Waals surface area contributed by atoms with Crippen LogP contribution in [0.4, 0.5) is 0 Å². The van der Waals surface area contributed by atoms with E-state index in [0.29, 0.717) is 5.82 Å². The molecule has 5 heteroatoms. The van der Waals surface area contributed by atoms with Gasteiger partial charge in [0, 0.05) is 12.7 Å². The molecule has 68 valence electrons. The number of hydrogen-bond donors (Lipinski definition) is 1. The van der Waals surface area contributed by atoms with Crippen molar-refractivity contribution in [2.45, 2.75) is 13.8 Å². The summed E-state index contributed by atoms with van der Waals surface area (Å²) in [5.41, 5.74) is 1.90. The zero-order valence-corrected chi connectivity index (χ0v) is 7.87. The van der Waals surface area contributed by atoms with E-state index < -0.39 is 0 Å². The lowest BCUT2D eigenvalue weighted by atomic mass is 10.3. The molecule has 1 N–H and O–H groups in total. The fraction of sp³-hybridized carbons (Fsp3) is 0.375. The maximum absolute atomic E-state index is 4.27. The van der Waals surface area contributed by atoms with E-state index in [1.807, 2.05) is 27.0 Å². The highest BCUT2D eigenvalue weighted by atomic mass is 15.3. The van der Waals surface area contributed by atoms with Gasteiger partial charge in [-0.3, -0.25) is 9.78 Å². The van der Waals surface area contributed by atoms with Crippen molar-refractivity contribution >= 4 is 0 Å². The first-order chi connectivity index (χ1) is 6.16. The third kappa shape index (κ3) is 1.32. The predicted molar refractivity (Wildman–Crippen MR) is 48.1 cm³/mol. The summed E-state index contributed by atoms with van der Waals surface area (Å²) in [5, 5.41) is 11.1. The first kappa shape index (κ1) is 7.97. The summed E-state index contributed by atoms with van der Waals surface area (Å²) in [5.74, 6) is 1.46. The number of nitrogens with one attached hydrogen (secondary N) is 1. The quantitative estimate of drug-likeness (QED) is 0.701. The van der Waals surface area contributed by atoms with Gasteiger partial charge in [0.05, 0.1) is 0 Å². The fourth-order valence-corrected chi connectivity index (χ4v) is 1.13. The molecule has 0 spiro atoms. The van der Waals surface area contributed by atoms with Gasteiger partial charge < -0.3 is 0 Å². The molecule has 13 heavy (non-hydrogen) atoms. The average Bonchev–Trinajstić information content (AvgIpc) is 2.61. The Labute approximate surface area is 75.8 Å². The number of H-pyrrole nitrogens is 1. The van der Waals surface area contributed by atoms with E-state index in [1.54, 1.807) is 4.68 Å². The fourth-order valence-electron chi connectivity index (χ4n) is 1.13. The third-order valence-electron chi connectivity index (χ3n) is 1.94. The van der Waals surface area contributed by atoms with Gasteiger partial charge in [-0.2, -0.15) is 10.2 Å². The number of aryl methyl sites for hydroxylation is 3. The topological polar surface area (TPSA) is 59.4 Å². The van der Waals surface area contributed by atoms with Crippen molar-refractivity contribution < 1.29 is 0 Å². The van der Waals surface area contributed by atoms with Crippen LogP contribution in [0.5, 0.6) is 0 Å². The van der Waals surface area contributed by atoms with E-state index in [9.17, 15) is 0 Å². The highest BCUT2D eigenvalue weighted by Gasteiger charge is 2.07. The Bertz CT molecular complexity index is 406. The molecule has 2 aromatic rings. The van der Waals surface area contributed by atoms with Crippen LogP contribution in [0, 0.1) is 13.8 Å². The second-order valence-electron chi connectivity index (χ2n) is 3.04. The van der Waals surface area contributed by atoms with Crippen molar-refractivity contribution in [2.75, 3.05) is 0 Å². The van der Waals surface area contributed by atoms with Gasteiger partial charge in [0.1, 0.15) is 11.5 Å².